The molecule has 0 aliphatic heterocycles. The lowest BCUT2D eigenvalue weighted by atomic mass is 10.2. The van der Waals surface area contributed by atoms with Gasteiger partial charge in [0.05, 0.1) is 10.7 Å². The number of thiazole rings is 2. The van der Waals surface area contributed by atoms with Crippen molar-refractivity contribution in [3.63, 3.8) is 0 Å². The third-order valence-corrected chi connectivity index (χ3v) is 6.02. The zero-order chi connectivity index (χ0) is 13.9. The van der Waals surface area contributed by atoms with Crippen LogP contribution in [0.3, 0.4) is 0 Å². The van der Waals surface area contributed by atoms with E-state index in [-0.39, 0.29) is 0 Å². The second kappa shape index (κ2) is 6.26. The summed E-state index contributed by atoms with van der Waals surface area (Å²) in [5, 5.41) is 5.88. The van der Waals surface area contributed by atoms with Crippen LogP contribution < -0.4 is 0 Å². The maximum atomic E-state index is 6.20. The Balaban J connectivity index is 1.72. The van der Waals surface area contributed by atoms with E-state index in [2.05, 4.69) is 20.7 Å². The van der Waals surface area contributed by atoms with E-state index in [1.807, 2.05) is 31.2 Å². The molecule has 0 aliphatic carbocycles. The van der Waals surface area contributed by atoms with Crippen molar-refractivity contribution in [1.29, 1.82) is 0 Å². The molecule has 0 amide bonds. The van der Waals surface area contributed by atoms with Gasteiger partial charge in [-0.25, -0.2) is 9.97 Å². The Hall–Kier alpha value is -0.880. The fourth-order valence-electron chi connectivity index (χ4n) is 1.67. The van der Waals surface area contributed by atoms with Gasteiger partial charge in [0, 0.05) is 27.8 Å². The molecule has 2 heterocycles. The van der Waals surface area contributed by atoms with Crippen LogP contribution in [0.2, 0.25) is 5.02 Å². The molecule has 0 atom stereocenters. The molecular weight excluding hydrogens is 328 g/mol. The van der Waals surface area contributed by atoms with Crippen LogP contribution in [0, 0.1) is 6.92 Å². The molecule has 0 radical (unpaired) electrons. The van der Waals surface area contributed by atoms with Gasteiger partial charge in [0.2, 0.25) is 0 Å². The summed E-state index contributed by atoms with van der Waals surface area (Å²) in [7, 11) is 0. The largest absolute Gasteiger partial charge is 0.240 e. The first-order chi connectivity index (χ1) is 9.72. The average molecular weight is 339 g/mol. The summed E-state index contributed by atoms with van der Waals surface area (Å²) in [6, 6.07) is 7.81. The van der Waals surface area contributed by atoms with Crippen molar-refractivity contribution < 1.29 is 0 Å². The number of hydrogen-bond donors (Lipinski definition) is 0. The molecule has 0 bridgehead atoms. The molecule has 0 spiro atoms. The highest BCUT2D eigenvalue weighted by Crippen LogP contribution is 2.32. The van der Waals surface area contributed by atoms with Gasteiger partial charge in [-0.05, 0) is 13.0 Å². The van der Waals surface area contributed by atoms with E-state index in [0.717, 1.165) is 37.1 Å². The van der Waals surface area contributed by atoms with Gasteiger partial charge in [-0.3, -0.25) is 0 Å². The SMILES string of the molecule is Cc1csc(SCc2csc(-c3ccccc3Cl)n2)n1. The Bertz CT molecular complexity index is 721. The molecule has 0 saturated carbocycles. The first-order valence-electron chi connectivity index (χ1n) is 5.96. The number of rotatable bonds is 4. The number of benzene rings is 1. The van der Waals surface area contributed by atoms with Crippen LogP contribution in [0.25, 0.3) is 10.6 Å². The molecular formula is C14H11ClN2S3. The van der Waals surface area contributed by atoms with Crippen molar-refractivity contribution in [3.8, 4) is 10.6 Å². The maximum absolute atomic E-state index is 6.20. The fourth-order valence-corrected chi connectivity index (χ4v) is 4.65. The Labute approximate surface area is 134 Å². The van der Waals surface area contributed by atoms with Crippen LogP contribution in [0.15, 0.2) is 39.4 Å². The lowest BCUT2D eigenvalue weighted by Crippen LogP contribution is -1.82. The quantitative estimate of drug-likeness (QED) is 0.586. The number of aryl methyl sites for hydroxylation is 1. The molecule has 1 aromatic carbocycles. The van der Waals surface area contributed by atoms with E-state index in [9.17, 15) is 0 Å². The van der Waals surface area contributed by atoms with Crippen LogP contribution >= 0.6 is 46.0 Å². The molecule has 0 unspecified atom stereocenters. The first-order valence-corrected chi connectivity index (χ1v) is 9.09. The van der Waals surface area contributed by atoms with Crippen molar-refractivity contribution >= 4 is 46.0 Å². The van der Waals surface area contributed by atoms with Crippen molar-refractivity contribution in [3.05, 3.63) is 51.4 Å². The van der Waals surface area contributed by atoms with Crippen molar-refractivity contribution in [2.75, 3.05) is 0 Å². The average Bonchev–Trinajstić information content (AvgIpc) is 3.06. The second-order valence-corrected chi connectivity index (χ2v) is 7.51. The Morgan fingerprint density at radius 1 is 1.15 bits per heavy atom. The van der Waals surface area contributed by atoms with Gasteiger partial charge < -0.3 is 0 Å². The van der Waals surface area contributed by atoms with Crippen molar-refractivity contribution in [2.24, 2.45) is 0 Å². The molecule has 6 heteroatoms. The number of thioether (sulfide) groups is 1. The van der Waals surface area contributed by atoms with Crippen LogP contribution in [0.1, 0.15) is 11.4 Å². The zero-order valence-corrected chi connectivity index (χ0v) is 13.9. The fraction of sp³-hybridized carbons (Fsp3) is 0.143. The predicted octanol–water partition coefficient (Wildman–Crippen LogP) is 5.52. The molecule has 3 rings (SSSR count). The van der Waals surface area contributed by atoms with Gasteiger partial charge in [0.25, 0.3) is 0 Å². The minimum absolute atomic E-state index is 0.747. The molecule has 102 valence electrons. The number of halogens is 1. The highest BCUT2D eigenvalue weighted by Gasteiger charge is 2.09. The van der Waals surface area contributed by atoms with Gasteiger partial charge >= 0.3 is 0 Å². The Morgan fingerprint density at radius 2 is 2.00 bits per heavy atom. The summed E-state index contributed by atoms with van der Waals surface area (Å²) in [6.07, 6.45) is 0. The standard InChI is InChI=1S/C14H11ClN2S3/c1-9-6-19-14(16-9)20-8-10-7-18-13(17-10)11-4-2-3-5-12(11)15/h2-7H,8H2,1H3. The Kier molecular flexibility index (Phi) is 4.41. The number of nitrogens with zero attached hydrogens (tertiary/aromatic N) is 2. The highest BCUT2D eigenvalue weighted by atomic mass is 35.5. The lowest BCUT2D eigenvalue weighted by molar-refractivity contribution is 1.15. The second-order valence-electron chi connectivity index (χ2n) is 4.17. The monoisotopic (exact) mass is 338 g/mol. The van der Waals surface area contributed by atoms with E-state index in [4.69, 9.17) is 11.6 Å². The van der Waals surface area contributed by atoms with Crippen molar-refractivity contribution in [1.82, 2.24) is 9.97 Å². The summed E-state index contributed by atoms with van der Waals surface area (Å²) in [6.45, 7) is 2.01. The van der Waals surface area contributed by atoms with Crippen LogP contribution in [-0.2, 0) is 5.75 Å². The van der Waals surface area contributed by atoms with Gasteiger partial charge in [-0.1, -0.05) is 41.6 Å². The molecule has 2 aromatic heterocycles. The van der Waals surface area contributed by atoms with E-state index in [1.54, 1.807) is 34.4 Å². The number of aromatic nitrogens is 2. The Morgan fingerprint density at radius 3 is 2.75 bits per heavy atom. The van der Waals surface area contributed by atoms with E-state index >= 15 is 0 Å². The van der Waals surface area contributed by atoms with Gasteiger partial charge in [-0.15, -0.1) is 22.7 Å². The zero-order valence-electron chi connectivity index (χ0n) is 10.7. The van der Waals surface area contributed by atoms with E-state index in [0.29, 0.717) is 0 Å². The summed E-state index contributed by atoms with van der Waals surface area (Å²) in [5.74, 6) is 0.841. The molecule has 0 N–H and O–H groups in total. The molecule has 0 fully saturated rings. The van der Waals surface area contributed by atoms with Gasteiger partial charge in [-0.2, -0.15) is 0 Å². The molecule has 0 aliphatic rings. The normalized spacial score (nSPS) is 10.9. The van der Waals surface area contributed by atoms with Crippen molar-refractivity contribution in [2.45, 2.75) is 17.0 Å². The molecule has 20 heavy (non-hydrogen) atoms. The van der Waals surface area contributed by atoms with Crippen LogP contribution in [0.5, 0.6) is 0 Å². The smallest absolute Gasteiger partial charge is 0.150 e. The van der Waals surface area contributed by atoms with Crippen LogP contribution in [0.4, 0.5) is 0 Å². The maximum Gasteiger partial charge on any atom is 0.150 e. The van der Waals surface area contributed by atoms with Gasteiger partial charge in [0.15, 0.2) is 0 Å². The summed E-state index contributed by atoms with van der Waals surface area (Å²) in [4.78, 5) is 9.09. The first kappa shape index (κ1) is 14.1. The number of hydrogen-bond acceptors (Lipinski definition) is 5. The van der Waals surface area contributed by atoms with E-state index in [1.165, 1.54) is 0 Å². The molecule has 3 aromatic rings. The minimum atomic E-state index is 0.747. The molecule has 2 nitrogen and oxygen atoms in total. The van der Waals surface area contributed by atoms with E-state index < -0.39 is 0 Å². The third-order valence-electron chi connectivity index (χ3n) is 2.60. The topological polar surface area (TPSA) is 25.8 Å². The summed E-state index contributed by atoms with van der Waals surface area (Å²) in [5.41, 5.74) is 3.15. The van der Waals surface area contributed by atoms with Gasteiger partial charge in [0.1, 0.15) is 9.35 Å². The minimum Gasteiger partial charge on any atom is -0.240 e. The summed E-state index contributed by atoms with van der Waals surface area (Å²) < 4.78 is 1.09. The molecule has 0 saturated heterocycles. The third kappa shape index (κ3) is 3.23. The summed E-state index contributed by atoms with van der Waals surface area (Å²) >= 11 is 11.2. The van der Waals surface area contributed by atoms with Crippen LogP contribution in [-0.4, -0.2) is 9.97 Å². The predicted molar refractivity (Wildman–Crippen MR) is 89.0 cm³/mol. The highest BCUT2D eigenvalue weighted by molar-refractivity contribution is 8.00. The lowest BCUT2D eigenvalue weighted by Gasteiger charge is -1.98.